The molecule has 25 heavy (non-hydrogen) atoms. The molecular weight excluding hydrogens is 373 g/mol. The maximum Gasteiger partial charge on any atom is 0.418 e. The number of carbonyl (C=O) groups is 1. The van der Waals surface area contributed by atoms with Crippen LogP contribution in [0.2, 0.25) is 5.28 Å². The number of hydrogen-bond acceptors (Lipinski definition) is 7. The highest BCUT2D eigenvalue weighted by Gasteiger charge is 2.09. The van der Waals surface area contributed by atoms with E-state index < -0.39 is 21.6 Å². The van der Waals surface area contributed by atoms with E-state index in [-0.39, 0.29) is 23.4 Å². The van der Waals surface area contributed by atoms with Crippen LogP contribution in [0.3, 0.4) is 0 Å². The molecule has 1 unspecified atom stereocenters. The normalized spacial score (nSPS) is 12.8. The van der Waals surface area contributed by atoms with Gasteiger partial charge in [0.25, 0.3) is 0 Å². The van der Waals surface area contributed by atoms with E-state index in [0.29, 0.717) is 5.69 Å². The molecule has 1 aromatic heterocycles. The minimum atomic E-state index is -2.93. The number of halogens is 2. The summed E-state index contributed by atoms with van der Waals surface area (Å²) in [6, 6.07) is 3.88. The zero-order valence-corrected chi connectivity index (χ0v) is 14.9. The zero-order valence-electron chi connectivity index (χ0n) is 13.3. The van der Waals surface area contributed by atoms with Gasteiger partial charge in [-0.05, 0) is 42.3 Å². The van der Waals surface area contributed by atoms with Crippen LogP contribution in [-0.4, -0.2) is 43.5 Å². The summed E-state index contributed by atoms with van der Waals surface area (Å²) in [5.41, 5.74) is 0.590. The highest BCUT2D eigenvalue weighted by atomic mass is 35.5. The topological polar surface area (TPSA) is 106 Å². The molecule has 2 aromatic rings. The van der Waals surface area contributed by atoms with Gasteiger partial charge in [0.2, 0.25) is 11.2 Å². The molecule has 8 nitrogen and oxygen atoms in total. The molecule has 2 N–H and O–H groups in total. The Labute approximate surface area is 148 Å². The van der Waals surface area contributed by atoms with E-state index in [1.807, 2.05) is 0 Å². The average molecular weight is 388 g/mol. The summed E-state index contributed by atoms with van der Waals surface area (Å²) in [4.78, 5) is 22.7. The number of nitrogens with zero attached hydrogens (tertiary/aromatic N) is 3. The van der Waals surface area contributed by atoms with Gasteiger partial charge in [0, 0.05) is 17.3 Å². The highest BCUT2D eigenvalue weighted by Crippen LogP contribution is 2.17. The van der Waals surface area contributed by atoms with E-state index >= 15 is 0 Å². The lowest BCUT2D eigenvalue weighted by Crippen LogP contribution is -2.31. The van der Waals surface area contributed by atoms with E-state index in [4.69, 9.17) is 11.6 Å². The van der Waals surface area contributed by atoms with E-state index in [9.17, 15) is 13.4 Å². The Morgan fingerprint density at radius 1 is 1.40 bits per heavy atom. The quantitative estimate of drug-likeness (QED) is 0.757. The molecule has 2 rings (SSSR count). The molecule has 134 valence electrons. The van der Waals surface area contributed by atoms with Crippen LogP contribution >= 0.6 is 11.6 Å². The first-order valence-electron chi connectivity index (χ1n) is 6.98. The molecule has 1 heterocycles. The number of carbonyl (C=O) groups excluding carboxylic acids is 1. The Bertz CT molecular complexity index is 902. The van der Waals surface area contributed by atoms with E-state index in [0.717, 1.165) is 0 Å². The number of nitrogens with one attached hydrogen (secondary N) is 2. The fourth-order valence-electron chi connectivity index (χ4n) is 1.83. The zero-order chi connectivity index (χ0) is 18.4. The van der Waals surface area contributed by atoms with Crippen molar-refractivity contribution >= 4 is 44.4 Å². The molecule has 0 radical (unpaired) electrons. The van der Waals surface area contributed by atoms with Crippen LogP contribution < -0.4 is 10.0 Å². The van der Waals surface area contributed by atoms with Gasteiger partial charge in [0.1, 0.15) is 12.1 Å². The molecule has 0 aliphatic heterocycles. The Hall–Kier alpha value is -2.46. The molecule has 0 aliphatic carbocycles. The van der Waals surface area contributed by atoms with Crippen LogP contribution in [0, 0.1) is 5.82 Å². The lowest BCUT2D eigenvalue weighted by molar-refractivity contribution is 0.159. The first-order chi connectivity index (χ1) is 11.8. The van der Waals surface area contributed by atoms with Gasteiger partial charge in [0.15, 0.2) is 0 Å². The third kappa shape index (κ3) is 6.16. The Morgan fingerprint density at radius 3 is 2.84 bits per heavy atom. The van der Waals surface area contributed by atoms with Gasteiger partial charge in [0.05, 0.1) is 16.3 Å². The number of ether oxygens (including phenoxy) is 1. The summed E-state index contributed by atoms with van der Waals surface area (Å²) >= 11 is 5.66. The van der Waals surface area contributed by atoms with Crippen molar-refractivity contribution in [3.8, 4) is 0 Å². The van der Waals surface area contributed by atoms with E-state index in [1.165, 1.54) is 36.1 Å². The van der Waals surface area contributed by atoms with Crippen LogP contribution in [0.5, 0.6) is 0 Å². The van der Waals surface area contributed by atoms with Gasteiger partial charge >= 0.3 is 6.09 Å². The molecule has 0 saturated heterocycles. The number of benzene rings is 1. The molecule has 0 saturated carbocycles. The molecule has 1 amide bonds. The second-order valence-electron chi connectivity index (χ2n) is 4.82. The monoisotopic (exact) mass is 387 g/mol. The van der Waals surface area contributed by atoms with Gasteiger partial charge in [-0.1, -0.05) is 0 Å². The molecule has 0 fully saturated rings. The number of anilines is 2. The van der Waals surface area contributed by atoms with Crippen molar-refractivity contribution < 1.29 is 18.1 Å². The third-order valence-electron chi connectivity index (χ3n) is 2.64. The Kier molecular flexibility index (Phi) is 6.10. The van der Waals surface area contributed by atoms with Crippen LogP contribution in [0.15, 0.2) is 24.5 Å². The van der Waals surface area contributed by atoms with E-state index in [1.54, 1.807) is 6.92 Å². The van der Waals surface area contributed by atoms with Crippen LogP contribution in [0.25, 0.3) is 0 Å². The Balaban J connectivity index is 2.27. The van der Waals surface area contributed by atoms with Crippen molar-refractivity contribution in [3.63, 3.8) is 0 Å². The molecule has 1 aromatic carbocycles. The van der Waals surface area contributed by atoms with Crippen molar-refractivity contribution in [2.75, 3.05) is 18.2 Å². The smallest absolute Gasteiger partial charge is 0.418 e. The SMILES string of the molecule is CCOC(=O)NS(C)(=O)=Cc1cc(F)cc(Nc2ncnc(Cl)n2)c1. The Morgan fingerprint density at radius 2 is 2.16 bits per heavy atom. The van der Waals surface area contributed by atoms with Crippen molar-refractivity contribution in [3.05, 3.63) is 41.2 Å². The fourth-order valence-corrected chi connectivity index (χ4v) is 3.06. The van der Waals surface area contributed by atoms with Gasteiger partial charge in [-0.3, -0.25) is 0 Å². The summed E-state index contributed by atoms with van der Waals surface area (Å²) in [5, 5.41) is 3.98. The standard InChI is InChI=1S/C14H15ClFN5O3S/c1-3-24-14(22)21-25(2,23)7-9-4-10(16)6-11(5-9)19-13-18-8-17-12(15)20-13/h4-8H,3H2,1-2H3,(H,21,22,23)(H,17,18,19,20). The summed E-state index contributed by atoms with van der Waals surface area (Å²) in [7, 11) is -2.93. The minimum absolute atomic E-state index is 0.0177. The number of aromatic nitrogens is 3. The van der Waals surface area contributed by atoms with Crippen LogP contribution in [-0.2, 0) is 14.4 Å². The third-order valence-corrected chi connectivity index (χ3v) is 4.12. The number of rotatable bonds is 5. The first kappa shape index (κ1) is 18.9. The van der Waals surface area contributed by atoms with E-state index in [2.05, 4.69) is 29.7 Å². The summed E-state index contributed by atoms with van der Waals surface area (Å²) in [6.45, 7) is 1.77. The second-order valence-corrected chi connectivity index (χ2v) is 7.41. The molecule has 0 spiro atoms. The van der Waals surface area contributed by atoms with Crippen molar-refractivity contribution in [1.29, 1.82) is 0 Å². The van der Waals surface area contributed by atoms with Crippen molar-refractivity contribution in [2.24, 2.45) is 0 Å². The second kappa shape index (κ2) is 8.08. The predicted molar refractivity (Wildman–Crippen MR) is 93.9 cm³/mol. The predicted octanol–water partition coefficient (Wildman–Crippen LogP) is 2.13. The molecule has 1 atom stereocenters. The fraction of sp³-hybridized carbons (Fsp3) is 0.214. The van der Waals surface area contributed by atoms with Gasteiger partial charge in [-0.15, -0.1) is 0 Å². The largest absolute Gasteiger partial charge is 0.449 e. The summed E-state index contributed by atoms with van der Waals surface area (Å²) in [6.07, 6.45) is 1.68. The first-order valence-corrected chi connectivity index (χ1v) is 9.39. The van der Waals surface area contributed by atoms with Gasteiger partial charge < -0.3 is 10.1 Å². The minimum Gasteiger partial charge on any atom is -0.449 e. The molecule has 11 heteroatoms. The highest BCUT2D eigenvalue weighted by molar-refractivity contribution is 7.99. The van der Waals surface area contributed by atoms with Crippen molar-refractivity contribution in [1.82, 2.24) is 19.7 Å². The van der Waals surface area contributed by atoms with Gasteiger partial charge in [-0.2, -0.15) is 4.98 Å². The van der Waals surface area contributed by atoms with Crippen molar-refractivity contribution in [2.45, 2.75) is 6.92 Å². The van der Waals surface area contributed by atoms with Crippen LogP contribution in [0.4, 0.5) is 20.8 Å². The number of amides is 1. The van der Waals surface area contributed by atoms with Gasteiger partial charge in [-0.25, -0.2) is 28.1 Å². The maximum atomic E-state index is 13.8. The number of hydrogen-bond donors (Lipinski definition) is 2. The molecule has 0 bridgehead atoms. The summed E-state index contributed by atoms with van der Waals surface area (Å²) in [5.74, 6) is -0.457. The van der Waals surface area contributed by atoms with Crippen LogP contribution in [0.1, 0.15) is 12.5 Å². The maximum absolute atomic E-state index is 13.8. The molecular formula is C14H15ClFN5O3S. The summed E-state index contributed by atoms with van der Waals surface area (Å²) < 4.78 is 33.1. The molecule has 0 aliphatic rings. The lowest BCUT2D eigenvalue weighted by atomic mass is 10.2. The lowest BCUT2D eigenvalue weighted by Gasteiger charge is -2.09. The average Bonchev–Trinajstić information content (AvgIpc) is 2.45.